The minimum atomic E-state index is 0.477. The maximum atomic E-state index is 5.42. The summed E-state index contributed by atoms with van der Waals surface area (Å²) in [6.45, 7) is 5.36. The van der Waals surface area contributed by atoms with Gasteiger partial charge in [-0.05, 0) is 24.0 Å². The van der Waals surface area contributed by atoms with Crippen molar-refractivity contribution in [2.45, 2.75) is 18.9 Å². The summed E-state index contributed by atoms with van der Waals surface area (Å²) in [4.78, 5) is 2.32. The van der Waals surface area contributed by atoms with Gasteiger partial charge >= 0.3 is 0 Å². The summed E-state index contributed by atoms with van der Waals surface area (Å²) in [5.74, 6) is 2.74. The van der Waals surface area contributed by atoms with E-state index in [1.807, 2.05) is 6.08 Å². The van der Waals surface area contributed by atoms with E-state index in [2.05, 4.69) is 41.7 Å². The van der Waals surface area contributed by atoms with Crippen LogP contribution >= 0.6 is 0 Å². The van der Waals surface area contributed by atoms with Gasteiger partial charge in [0.25, 0.3) is 0 Å². The molecule has 1 aliphatic rings. The Bertz CT molecular complexity index is 414. The Morgan fingerprint density at radius 2 is 2.31 bits per heavy atom. The van der Waals surface area contributed by atoms with E-state index in [1.54, 1.807) is 0 Å². The van der Waals surface area contributed by atoms with Gasteiger partial charge in [-0.2, -0.15) is 0 Å². The molecule has 0 unspecified atom stereocenters. The van der Waals surface area contributed by atoms with E-state index in [-0.39, 0.29) is 0 Å². The quantitative estimate of drug-likeness (QED) is 0.547. The first-order valence-corrected chi connectivity index (χ1v) is 5.73. The second-order valence-corrected chi connectivity index (χ2v) is 4.18. The Balaban J connectivity index is 2.22. The first kappa shape index (κ1) is 11.0. The Hall–Kier alpha value is -1.52. The molecule has 1 heteroatoms. The van der Waals surface area contributed by atoms with Gasteiger partial charge < -0.3 is 0 Å². The summed E-state index contributed by atoms with van der Waals surface area (Å²) < 4.78 is 0. The van der Waals surface area contributed by atoms with Crippen molar-refractivity contribution in [1.82, 2.24) is 4.90 Å². The second-order valence-electron chi connectivity index (χ2n) is 4.18. The summed E-state index contributed by atoms with van der Waals surface area (Å²) in [5, 5.41) is 0. The maximum absolute atomic E-state index is 5.42. The van der Waals surface area contributed by atoms with Crippen molar-refractivity contribution in [2.24, 2.45) is 0 Å². The highest BCUT2D eigenvalue weighted by Gasteiger charge is 2.26. The van der Waals surface area contributed by atoms with E-state index in [1.165, 1.54) is 24.0 Å². The molecule has 0 fully saturated rings. The first-order chi connectivity index (χ1) is 7.86. The van der Waals surface area contributed by atoms with Crippen LogP contribution in [0.5, 0.6) is 0 Å². The molecule has 1 aliphatic carbocycles. The fourth-order valence-electron chi connectivity index (χ4n) is 2.50. The van der Waals surface area contributed by atoms with Crippen molar-refractivity contribution in [3.8, 4) is 12.3 Å². The highest BCUT2D eigenvalue weighted by Crippen LogP contribution is 2.35. The van der Waals surface area contributed by atoms with Crippen molar-refractivity contribution in [1.29, 1.82) is 0 Å². The van der Waals surface area contributed by atoms with Gasteiger partial charge in [0.2, 0.25) is 0 Å². The molecule has 0 aliphatic heterocycles. The van der Waals surface area contributed by atoms with Crippen LogP contribution in [-0.2, 0) is 6.42 Å². The molecule has 2 rings (SSSR count). The topological polar surface area (TPSA) is 3.24 Å². The van der Waals surface area contributed by atoms with Crippen molar-refractivity contribution >= 4 is 0 Å². The minimum Gasteiger partial charge on any atom is -0.282 e. The SMILES string of the molecule is C#CCN(CC=C)[C@@H]1CCc2ccccc21. The zero-order valence-corrected chi connectivity index (χ0v) is 9.52. The van der Waals surface area contributed by atoms with Crippen LogP contribution in [0.25, 0.3) is 0 Å². The largest absolute Gasteiger partial charge is 0.282 e. The molecule has 1 nitrogen and oxygen atoms in total. The Morgan fingerprint density at radius 3 is 3.06 bits per heavy atom. The number of terminal acetylenes is 1. The van der Waals surface area contributed by atoms with E-state index in [9.17, 15) is 0 Å². The third-order valence-electron chi connectivity index (χ3n) is 3.20. The Labute approximate surface area is 97.8 Å². The molecule has 0 spiro atoms. The van der Waals surface area contributed by atoms with Gasteiger partial charge in [0, 0.05) is 12.6 Å². The molecule has 1 aromatic rings. The highest BCUT2D eigenvalue weighted by atomic mass is 15.1. The smallest absolute Gasteiger partial charge is 0.0607 e. The van der Waals surface area contributed by atoms with Gasteiger partial charge in [-0.25, -0.2) is 0 Å². The molecule has 0 aromatic heterocycles. The van der Waals surface area contributed by atoms with Crippen LogP contribution in [0.4, 0.5) is 0 Å². The lowest BCUT2D eigenvalue weighted by molar-refractivity contribution is 0.246. The van der Waals surface area contributed by atoms with E-state index < -0.39 is 0 Å². The molecule has 0 saturated carbocycles. The summed E-state index contributed by atoms with van der Waals surface area (Å²) >= 11 is 0. The number of hydrogen-bond donors (Lipinski definition) is 0. The maximum Gasteiger partial charge on any atom is 0.0607 e. The molecule has 0 radical (unpaired) electrons. The predicted molar refractivity (Wildman–Crippen MR) is 68.1 cm³/mol. The van der Waals surface area contributed by atoms with E-state index >= 15 is 0 Å². The molecule has 1 aromatic carbocycles. The number of benzene rings is 1. The lowest BCUT2D eigenvalue weighted by atomic mass is 10.1. The van der Waals surface area contributed by atoms with Crippen molar-refractivity contribution in [3.63, 3.8) is 0 Å². The van der Waals surface area contributed by atoms with Gasteiger partial charge in [0.05, 0.1) is 6.54 Å². The average molecular weight is 211 g/mol. The predicted octanol–water partition coefficient (Wildman–Crippen LogP) is 2.80. The minimum absolute atomic E-state index is 0.477. The molecule has 82 valence electrons. The molecule has 0 saturated heterocycles. The van der Waals surface area contributed by atoms with Crippen LogP contribution in [0.2, 0.25) is 0 Å². The van der Waals surface area contributed by atoms with Crippen LogP contribution in [-0.4, -0.2) is 18.0 Å². The zero-order chi connectivity index (χ0) is 11.4. The lowest BCUT2D eigenvalue weighted by Crippen LogP contribution is -2.28. The fourth-order valence-corrected chi connectivity index (χ4v) is 2.50. The van der Waals surface area contributed by atoms with Gasteiger partial charge in [-0.1, -0.05) is 36.3 Å². The molecule has 0 N–H and O–H groups in total. The Kier molecular flexibility index (Phi) is 3.44. The van der Waals surface area contributed by atoms with Crippen LogP contribution in [0, 0.1) is 12.3 Å². The van der Waals surface area contributed by atoms with E-state index in [4.69, 9.17) is 6.42 Å². The van der Waals surface area contributed by atoms with Crippen LogP contribution in [0.1, 0.15) is 23.6 Å². The number of fused-ring (bicyclic) bond motifs is 1. The zero-order valence-electron chi connectivity index (χ0n) is 9.52. The standard InChI is InChI=1S/C15H17N/c1-3-11-16(12-4-2)15-10-9-13-7-5-6-8-14(13)15/h1,4-8,15H,2,9-12H2/t15-/m1/s1. The van der Waals surface area contributed by atoms with Gasteiger partial charge in [-0.15, -0.1) is 13.0 Å². The number of rotatable bonds is 4. The lowest BCUT2D eigenvalue weighted by Gasteiger charge is -2.26. The summed E-state index contributed by atoms with van der Waals surface area (Å²) in [5.41, 5.74) is 2.91. The van der Waals surface area contributed by atoms with E-state index in [0.717, 1.165) is 6.54 Å². The van der Waals surface area contributed by atoms with Gasteiger partial charge in [0.1, 0.15) is 0 Å². The molecule has 16 heavy (non-hydrogen) atoms. The summed E-state index contributed by atoms with van der Waals surface area (Å²) in [7, 11) is 0. The van der Waals surface area contributed by atoms with Gasteiger partial charge in [-0.3, -0.25) is 4.90 Å². The third-order valence-corrected chi connectivity index (χ3v) is 3.20. The van der Waals surface area contributed by atoms with Crippen molar-refractivity contribution < 1.29 is 0 Å². The highest BCUT2D eigenvalue weighted by molar-refractivity contribution is 5.34. The number of aryl methyl sites for hydroxylation is 1. The molecular formula is C15H17N. The molecule has 1 atom stereocenters. The van der Waals surface area contributed by atoms with Crippen LogP contribution < -0.4 is 0 Å². The molecule has 0 bridgehead atoms. The van der Waals surface area contributed by atoms with Crippen molar-refractivity contribution in [2.75, 3.05) is 13.1 Å². The Morgan fingerprint density at radius 1 is 1.50 bits per heavy atom. The van der Waals surface area contributed by atoms with Gasteiger partial charge in [0.15, 0.2) is 0 Å². The monoisotopic (exact) mass is 211 g/mol. The first-order valence-electron chi connectivity index (χ1n) is 5.73. The van der Waals surface area contributed by atoms with Crippen LogP contribution in [0.3, 0.4) is 0 Å². The second kappa shape index (κ2) is 5.01. The molecular weight excluding hydrogens is 194 g/mol. The summed E-state index contributed by atoms with van der Waals surface area (Å²) in [6.07, 6.45) is 9.69. The summed E-state index contributed by atoms with van der Waals surface area (Å²) in [6, 6.07) is 9.14. The van der Waals surface area contributed by atoms with Crippen molar-refractivity contribution in [3.05, 3.63) is 48.0 Å². The fraction of sp³-hybridized carbons (Fsp3) is 0.333. The number of nitrogens with zero attached hydrogens (tertiary/aromatic N) is 1. The third kappa shape index (κ3) is 2.03. The number of hydrogen-bond acceptors (Lipinski definition) is 1. The molecule has 0 heterocycles. The van der Waals surface area contributed by atoms with Crippen LogP contribution in [0.15, 0.2) is 36.9 Å². The molecule has 0 amide bonds. The normalized spacial score (nSPS) is 18.1. The van der Waals surface area contributed by atoms with E-state index in [0.29, 0.717) is 12.6 Å². The average Bonchev–Trinajstić information content (AvgIpc) is 2.72.